The third kappa shape index (κ3) is 2.84. The Balaban J connectivity index is 2.37. The molecule has 0 saturated carbocycles. The van der Waals surface area contributed by atoms with Crippen molar-refractivity contribution >= 4 is 44.8 Å². The maximum absolute atomic E-state index is 12.1. The Morgan fingerprint density at radius 1 is 1.53 bits per heavy atom. The van der Waals surface area contributed by atoms with Gasteiger partial charge in [0.15, 0.2) is 0 Å². The third-order valence-corrected chi connectivity index (χ3v) is 4.58. The number of hydrogen-bond donors (Lipinski definition) is 2. The number of aromatic nitrogens is 1. The maximum atomic E-state index is 12.1. The highest BCUT2D eigenvalue weighted by Gasteiger charge is 2.18. The van der Waals surface area contributed by atoms with Crippen molar-refractivity contribution in [3.05, 3.63) is 22.3 Å². The monoisotopic (exact) mass is 295 g/mol. The third-order valence-electron chi connectivity index (χ3n) is 2.82. The van der Waals surface area contributed by atoms with Crippen LogP contribution in [0.15, 0.2) is 6.07 Å². The van der Waals surface area contributed by atoms with Crippen LogP contribution < -0.4 is 11.1 Å². The molecule has 2 aromatic heterocycles. The predicted molar refractivity (Wildman–Crippen MR) is 84.2 cm³/mol. The zero-order chi connectivity index (χ0) is 14.0. The number of carbonyl (C=O) groups excluding carboxylic acids is 1. The van der Waals surface area contributed by atoms with Gasteiger partial charge >= 0.3 is 0 Å². The lowest BCUT2D eigenvalue weighted by atomic mass is 10.2. The van der Waals surface area contributed by atoms with E-state index in [2.05, 4.69) is 10.3 Å². The van der Waals surface area contributed by atoms with E-state index in [1.165, 1.54) is 11.3 Å². The summed E-state index contributed by atoms with van der Waals surface area (Å²) in [6, 6.07) is 1.97. The Labute approximate surface area is 120 Å². The number of fused-ring (bicyclic) bond motifs is 1. The lowest BCUT2D eigenvalue weighted by Crippen LogP contribution is -2.25. The second-order valence-corrected chi connectivity index (χ2v) is 6.35. The first-order valence-electron chi connectivity index (χ1n) is 5.98. The molecule has 0 atom stereocenters. The van der Waals surface area contributed by atoms with E-state index in [4.69, 9.17) is 5.73 Å². The number of nitrogens with two attached hydrogens (primary N) is 1. The minimum absolute atomic E-state index is 0.0928. The number of nitrogens with zero attached hydrogens (tertiary/aromatic N) is 1. The van der Waals surface area contributed by atoms with Crippen molar-refractivity contribution in [3.63, 3.8) is 0 Å². The van der Waals surface area contributed by atoms with E-state index in [9.17, 15) is 4.79 Å². The molecule has 1 amide bonds. The van der Waals surface area contributed by atoms with Crippen LogP contribution in [-0.2, 0) is 0 Å². The number of hydrogen-bond acceptors (Lipinski definition) is 5. The van der Waals surface area contributed by atoms with Crippen LogP contribution in [-0.4, -0.2) is 29.4 Å². The molecule has 2 rings (SSSR count). The molecule has 3 N–H and O–H groups in total. The summed E-state index contributed by atoms with van der Waals surface area (Å²) in [7, 11) is 0. The fourth-order valence-electron chi connectivity index (χ4n) is 2.00. The van der Waals surface area contributed by atoms with Crippen LogP contribution in [0, 0.1) is 13.8 Å². The van der Waals surface area contributed by atoms with Crippen molar-refractivity contribution in [2.24, 2.45) is 0 Å². The number of thiophene rings is 1. The van der Waals surface area contributed by atoms with Gasteiger partial charge in [-0.05, 0) is 26.2 Å². The molecule has 102 valence electrons. The van der Waals surface area contributed by atoms with Gasteiger partial charge in [-0.3, -0.25) is 9.78 Å². The number of nitrogens with one attached hydrogen (secondary N) is 1. The van der Waals surface area contributed by atoms with Crippen LogP contribution >= 0.6 is 23.1 Å². The molecule has 4 nitrogen and oxygen atoms in total. The van der Waals surface area contributed by atoms with Gasteiger partial charge in [0.05, 0.1) is 5.69 Å². The first kappa shape index (κ1) is 14.1. The van der Waals surface area contributed by atoms with Gasteiger partial charge in [0.1, 0.15) is 4.88 Å². The maximum Gasteiger partial charge on any atom is 0.263 e. The van der Waals surface area contributed by atoms with Crippen LogP contribution in [0.3, 0.4) is 0 Å². The van der Waals surface area contributed by atoms with E-state index in [1.54, 1.807) is 11.8 Å². The van der Waals surface area contributed by atoms with E-state index < -0.39 is 0 Å². The van der Waals surface area contributed by atoms with E-state index in [0.29, 0.717) is 17.1 Å². The average Bonchev–Trinajstić information content (AvgIpc) is 2.66. The molecule has 0 fully saturated rings. The van der Waals surface area contributed by atoms with Crippen molar-refractivity contribution in [2.75, 3.05) is 24.3 Å². The quantitative estimate of drug-likeness (QED) is 0.851. The number of anilines is 1. The lowest BCUT2D eigenvalue weighted by molar-refractivity contribution is 0.0961. The van der Waals surface area contributed by atoms with Gasteiger partial charge in [0.25, 0.3) is 5.91 Å². The fourth-order valence-corrected chi connectivity index (χ4v) is 3.49. The molecule has 0 aliphatic carbocycles. The summed E-state index contributed by atoms with van der Waals surface area (Å²) in [6.45, 7) is 4.53. The topological polar surface area (TPSA) is 68.0 Å². The predicted octanol–water partition coefficient (Wildman–Crippen LogP) is 2.59. The molecule has 19 heavy (non-hydrogen) atoms. The molecule has 0 saturated heterocycles. The minimum Gasteiger partial charge on any atom is -0.397 e. The van der Waals surface area contributed by atoms with Crippen LogP contribution in [0.1, 0.15) is 21.1 Å². The lowest BCUT2D eigenvalue weighted by Gasteiger charge is -2.03. The van der Waals surface area contributed by atoms with Gasteiger partial charge in [-0.25, -0.2) is 0 Å². The smallest absolute Gasteiger partial charge is 0.263 e. The number of amides is 1. The van der Waals surface area contributed by atoms with Crippen LogP contribution in [0.2, 0.25) is 0 Å². The number of carbonyl (C=O) groups is 1. The van der Waals surface area contributed by atoms with Crippen molar-refractivity contribution < 1.29 is 4.79 Å². The van der Waals surface area contributed by atoms with Crippen LogP contribution in [0.4, 0.5) is 5.69 Å². The summed E-state index contributed by atoms with van der Waals surface area (Å²) < 4.78 is 1.03. The summed E-state index contributed by atoms with van der Waals surface area (Å²) in [6.07, 6.45) is 2.01. The summed E-state index contributed by atoms with van der Waals surface area (Å²) in [5.41, 5.74) is 8.47. The summed E-state index contributed by atoms with van der Waals surface area (Å²) >= 11 is 3.13. The van der Waals surface area contributed by atoms with Gasteiger partial charge in [0.2, 0.25) is 0 Å². The SMILES string of the molecule is CSCCNC(=O)c1sc2cc(C)nc(C)c2c1N. The van der Waals surface area contributed by atoms with Gasteiger partial charge in [0, 0.05) is 33.8 Å². The molecule has 0 aliphatic rings. The Morgan fingerprint density at radius 3 is 2.95 bits per heavy atom. The molecular weight excluding hydrogens is 278 g/mol. The van der Waals surface area contributed by atoms with E-state index >= 15 is 0 Å². The van der Waals surface area contributed by atoms with Crippen molar-refractivity contribution in [3.8, 4) is 0 Å². The molecule has 6 heteroatoms. The van der Waals surface area contributed by atoms with E-state index in [-0.39, 0.29) is 5.91 Å². The zero-order valence-electron chi connectivity index (χ0n) is 11.2. The van der Waals surface area contributed by atoms with E-state index in [0.717, 1.165) is 27.2 Å². The first-order chi connectivity index (χ1) is 9.04. The molecule has 0 bridgehead atoms. The molecule has 0 unspecified atom stereocenters. The molecule has 0 spiro atoms. The highest BCUT2D eigenvalue weighted by molar-refractivity contribution is 7.98. The van der Waals surface area contributed by atoms with Crippen LogP contribution in [0.25, 0.3) is 10.1 Å². The summed E-state index contributed by atoms with van der Waals surface area (Å²) in [5, 5.41) is 3.79. The minimum atomic E-state index is -0.0928. The van der Waals surface area contributed by atoms with Gasteiger partial charge in [-0.1, -0.05) is 0 Å². The number of pyridine rings is 1. The van der Waals surface area contributed by atoms with Gasteiger partial charge in [-0.2, -0.15) is 11.8 Å². The Kier molecular flexibility index (Phi) is 4.31. The number of thioether (sulfide) groups is 1. The largest absolute Gasteiger partial charge is 0.397 e. The zero-order valence-corrected chi connectivity index (χ0v) is 12.9. The molecule has 0 radical (unpaired) electrons. The summed E-state index contributed by atoms with van der Waals surface area (Å²) in [4.78, 5) is 17.1. The van der Waals surface area contributed by atoms with Crippen molar-refractivity contribution in [2.45, 2.75) is 13.8 Å². The molecular formula is C13H17N3OS2. The fraction of sp³-hybridized carbons (Fsp3) is 0.385. The number of rotatable bonds is 4. The van der Waals surface area contributed by atoms with Crippen molar-refractivity contribution in [1.82, 2.24) is 10.3 Å². The van der Waals surface area contributed by atoms with E-state index in [1.807, 2.05) is 26.2 Å². The van der Waals surface area contributed by atoms with Crippen LogP contribution in [0.5, 0.6) is 0 Å². The molecule has 2 aromatic rings. The number of aryl methyl sites for hydroxylation is 2. The molecule has 0 aliphatic heterocycles. The van der Waals surface area contributed by atoms with Gasteiger partial charge < -0.3 is 11.1 Å². The highest BCUT2D eigenvalue weighted by Crippen LogP contribution is 2.35. The molecule has 0 aromatic carbocycles. The second-order valence-electron chi connectivity index (χ2n) is 4.32. The Morgan fingerprint density at radius 2 is 2.26 bits per heavy atom. The van der Waals surface area contributed by atoms with Crippen molar-refractivity contribution in [1.29, 1.82) is 0 Å². The normalized spacial score (nSPS) is 10.9. The summed E-state index contributed by atoms with van der Waals surface area (Å²) in [5.74, 6) is 0.806. The average molecular weight is 295 g/mol. The Bertz CT molecular complexity index is 622. The second kappa shape index (κ2) is 5.79. The van der Waals surface area contributed by atoms with Gasteiger partial charge in [-0.15, -0.1) is 11.3 Å². The standard InChI is InChI=1S/C13H17N3OS2/c1-7-6-9-10(8(2)16-7)11(14)12(19-9)13(17)15-4-5-18-3/h6H,4-5,14H2,1-3H3,(H,15,17). The molecule has 2 heterocycles. The highest BCUT2D eigenvalue weighted by atomic mass is 32.2. The Hall–Kier alpha value is -1.27. The first-order valence-corrected chi connectivity index (χ1v) is 8.19. The number of nitrogen functional groups attached to an aromatic ring is 1.